The number of benzene rings is 2. The summed E-state index contributed by atoms with van der Waals surface area (Å²) in [6.07, 6.45) is 2.36. The van der Waals surface area contributed by atoms with Gasteiger partial charge in [0.2, 0.25) is 11.8 Å². The smallest absolute Gasteiger partial charge is 0.338 e. The molecule has 4 aliphatic rings. The Morgan fingerprint density at radius 2 is 1.50 bits per heavy atom. The van der Waals surface area contributed by atoms with Gasteiger partial charge in [0, 0.05) is 44.8 Å². The van der Waals surface area contributed by atoms with Gasteiger partial charge in [0.25, 0.3) is 11.8 Å². The molecule has 42 heavy (non-hydrogen) atoms. The van der Waals surface area contributed by atoms with Crippen LogP contribution < -0.4 is 10.2 Å². The molecule has 1 N–H and O–H groups in total. The summed E-state index contributed by atoms with van der Waals surface area (Å²) < 4.78 is 5.46. The van der Waals surface area contributed by atoms with Crippen molar-refractivity contribution in [2.45, 2.75) is 71.2 Å². The van der Waals surface area contributed by atoms with Crippen molar-refractivity contribution in [1.82, 2.24) is 15.1 Å². The summed E-state index contributed by atoms with van der Waals surface area (Å²) in [4.78, 5) is 68.3. The lowest BCUT2D eigenvalue weighted by atomic mass is 9.95. The maximum Gasteiger partial charge on any atom is 0.338 e. The van der Waals surface area contributed by atoms with Crippen LogP contribution in [0.1, 0.15) is 88.7 Å². The summed E-state index contributed by atoms with van der Waals surface area (Å²) >= 11 is 0. The van der Waals surface area contributed by atoms with Crippen molar-refractivity contribution in [3.63, 3.8) is 0 Å². The third kappa shape index (κ3) is 5.43. The van der Waals surface area contributed by atoms with Crippen molar-refractivity contribution in [1.29, 1.82) is 0 Å². The molecule has 6 rings (SSSR count). The normalized spacial score (nSPS) is 21.5. The van der Waals surface area contributed by atoms with E-state index >= 15 is 0 Å². The number of rotatable bonds is 5. The maximum atomic E-state index is 13.2. The average molecular weight is 573 g/mol. The van der Waals surface area contributed by atoms with E-state index in [4.69, 9.17) is 4.74 Å². The fraction of sp³-hybridized carbons (Fsp3) is 0.469. The fourth-order valence-corrected chi connectivity index (χ4v) is 6.45. The standard InChI is InChI=1S/C32H36N4O6/c1-32(2,3)42-31(41)20-4-6-23(7-5-20)35-12-10-19(11-13-35)16-34-17-21-14-24-25(15-22(21)18-34)30(40)36(29(24)39)26-8-9-27(37)33-28(26)38/h4-7,14-15,19,26H,8-13,16-18H2,1-3H3,(H,33,37,38). The van der Waals surface area contributed by atoms with Crippen LogP contribution in [0, 0.1) is 5.92 Å². The molecule has 220 valence electrons. The van der Waals surface area contributed by atoms with Crippen LogP contribution >= 0.6 is 0 Å². The van der Waals surface area contributed by atoms with Gasteiger partial charge in [-0.25, -0.2) is 4.79 Å². The molecule has 0 radical (unpaired) electrons. The number of hydrogen-bond acceptors (Lipinski definition) is 8. The van der Waals surface area contributed by atoms with E-state index in [2.05, 4.69) is 15.1 Å². The van der Waals surface area contributed by atoms with Gasteiger partial charge in [-0.15, -0.1) is 0 Å². The van der Waals surface area contributed by atoms with E-state index in [9.17, 15) is 24.0 Å². The number of carbonyl (C=O) groups is 5. The fourth-order valence-electron chi connectivity index (χ4n) is 6.45. The number of esters is 1. The van der Waals surface area contributed by atoms with Gasteiger partial charge in [-0.3, -0.25) is 34.3 Å². The van der Waals surface area contributed by atoms with E-state index in [0.717, 1.165) is 67.3 Å². The van der Waals surface area contributed by atoms with Gasteiger partial charge in [0.15, 0.2) is 0 Å². The van der Waals surface area contributed by atoms with E-state index in [1.165, 1.54) is 0 Å². The van der Waals surface area contributed by atoms with Crippen molar-refractivity contribution in [2.75, 3.05) is 24.5 Å². The highest BCUT2D eigenvalue weighted by Gasteiger charge is 2.45. The zero-order valence-electron chi connectivity index (χ0n) is 24.3. The van der Waals surface area contributed by atoms with E-state index in [0.29, 0.717) is 22.6 Å². The van der Waals surface area contributed by atoms with E-state index in [1.54, 1.807) is 0 Å². The molecule has 1 atom stereocenters. The summed E-state index contributed by atoms with van der Waals surface area (Å²) in [7, 11) is 0. The lowest BCUT2D eigenvalue weighted by Gasteiger charge is -2.35. The van der Waals surface area contributed by atoms with Crippen LogP contribution in [0.25, 0.3) is 0 Å². The summed E-state index contributed by atoms with van der Waals surface area (Å²) in [6, 6.07) is 10.3. The van der Waals surface area contributed by atoms with Crippen LogP contribution in [0.5, 0.6) is 0 Å². The Bertz CT molecular complexity index is 1420. The van der Waals surface area contributed by atoms with Gasteiger partial charge in [-0.05, 0) is 93.5 Å². The SMILES string of the molecule is CC(C)(C)OC(=O)c1ccc(N2CCC(CN3Cc4cc5c(cc4C3)C(=O)N(C3CCC(=O)NC3=O)C5=O)CC2)cc1. The first kappa shape index (κ1) is 28.1. The Labute approximate surface area is 245 Å². The van der Waals surface area contributed by atoms with Gasteiger partial charge in [0.05, 0.1) is 16.7 Å². The second-order valence-electron chi connectivity index (χ2n) is 12.8. The molecule has 4 heterocycles. The number of piperidine rings is 2. The number of amides is 4. The monoisotopic (exact) mass is 572 g/mol. The number of hydrogen-bond donors (Lipinski definition) is 1. The van der Waals surface area contributed by atoms with Gasteiger partial charge in [0.1, 0.15) is 11.6 Å². The lowest BCUT2D eigenvalue weighted by molar-refractivity contribution is -0.136. The summed E-state index contributed by atoms with van der Waals surface area (Å²) in [5, 5.41) is 2.24. The number of anilines is 1. The molecule has 2 saturated heterocycles. The van der Waals surface area contributed by atoms with Gasteiger partial charge in [-0.2, -0.15) is 0 Å². The Hall–Kier alpha value is -4.05. The van der Waals surface area contributed by atoms with Crippen LogP contribution in [0.15, 0.2) is 36.4 Å². The molecule has 2 aromatic rings. The Kier molecular flexibility index (Phi) is 7.12. The molecule has 0 saturated carbocycles. The number of nitrogens with one attached hydrogen (secondary N) is 1. The number of carbonyl (C=O) groups excluding carboxylic acids is 5. The van der Waals surface area contributed by atoms with Crippen LogP contribution in [0.4, 0.5) is 5.69 Å². The maximum absolute atomic E-state index is 13.2. The van der Waals surface area contributed by atoms with E-state index < -0.39 is 29.4 Å². The van der Waals surface area contributed by atoms with Crippen LogP contribution in [0.2, 0.25) is 0 Å². The molecule has 0 aromatic heterocycles. The topological polar surface area (TPSA) is 116 Å². The van der Waals surface area contributed by atoms with Crippen molar-refractivity contribution in [2.24, 2.45) is 5.92 Å². The zero-order valence-corrected chi connectivity index (χ0v) is 24.3. The first-order valence-corrected chi connectivity index (χ1v) is 14.6. The van der Waals surface area contributed by atoms with Crippen LogP contribution in [0.3, 0.4) is 0 Å². The van der Waals surface area contributed by atoms with Crippen LogP contribution in [-0.2, 0) is 27.4 Å². The molecule has 10 heteroatoms. The minimum absolute atomic E-state index is 0.106. The van der Waals surface area contributed by atoms with Gasteiger partial charge >= 0.3 is 5.97 Å². The minimum Gasteiger partial charge on any atom is -0.456 e. The molecular weight excluding hydrogens is 536 g/mol. The quantitative estimate of drug-likeness (QED) is 0.429. The summed E-state index contributed by atoms with van der Waals surface area (Å²) in [6.45, 7) is 9.82. The van der Waals surface area contributed by atoms with Crippen molar-refractivity contribution in [3.8, 4) is 0 Å². The second kappa shape index (κ2) is 10.7. The third-order valence-corrected chi connectivity index (χ3v) is 8.55. The molecule has 2 fully saturated rings. The molecular formula is C32H36N4O6. The number of nitrogens with zero attached hydrogens (tertiary/aromatic N) is 3. The third-order valence-electron chi connectivity index (χ3n) is 8.55. The van der Waals surface area contributed by atoms with Gasteiger partial charge in [-0.1, -0.05) is 0 Å². The molecule has 1 unspecified atom stereocenters. The molecule has 2 aromatic carbocycles. The summed E-state index contributed by atoms with van der Waals surface area (Å²) in [5.74, 6) is -1.68. The molecule has 0 aliphatic carbocycles. The Morgan fingerprint density at radius 3 is 2.05 bits per heavy atom. The molecule has 0 spiro atoms. The highest BCUT2D eigenvalue weighted by atomic mass is 16.6. The molecule has 4 aliphatic heterocycles. The Morgan fingerprint density at radius 1 is 0.905 bits per heavy atom. The van der Waals surface area contributed by atoms with Gasteiger partial charge < -0.3 is 9.64 Å². The second-order valence-corrected chi connectivity index (χ2v) is 12.8. The van der Waals surface area contributed by atoms with Crippen molar-refractivity contribution < 1.29 is 28.7 Å². The van der Waals surface area contributed by atoms with E-state index in [-0.39, 0.29) is 24.7 Å². The predicted molar refractivity (Wildman–Crippen MR) is 154 cm³/mol. The predicted octanol–water partition coefficient (Wildman–Crippen LogP) is 3.28. The molecule has 4 amide bonds. The first-order valence-electron chi connectivity index (χ1n) is 14.6. The molecule has 10 nitrogen and oxygen atoms in total. The number of fused-ring (bicyclic) bond motifs is 2. The van der Waals surface area contributed by atoms with Crippen LogP contribution in [-0.4, -0.2) is 70.7 Å². The minimum atomic E-state index is -0.949. The van der Waals surface area contributed by atoms with E-state index in [1.807, 2.05) is 57.2 Å². The number of imide groups is 2. The molecule has 0 bridgehead atoms. The average Bonchev–Trinajstić information content (AvgIpc) is 3.44. The van der Waals surface area contributed by atoms with Crippen molar-refractivity contribution >= 4 is 35.3 Å². The first-order chi connectivity index (χ1) is 20.0. The zero-order chi connectivity index (χ0) is 29.8. The highest BCUT2D eigenvalue weighted by molar-refractivity contribution is 6.23. The number of ether oxygens (including phenoxy) is 1. The lowest BCUT2D eigenvalue weighted by Crippen LogP contribution is -2.54. The summed E-state index contributed by atoms with van der Waals surface area (Å²) in [5.41, 5.74) is 3.90. The highest BCUT2D eigenvalue weighted by Crippen LogP contribution is 2.34. The Balaban J connectivity index is 1.03. The largest absolute Gasteiger partial charge is 0.456 e. The van der Waals surface area contributed by atoms with Crippen molar-refractivity contribution in [3.05, 3.63) is 64.2 Å².